The van der Waals surface area contributed by atoms with Gasteiger partial charge >= 0.3 is 0 Å². The lowest BCUT2D eigenvalue weighted by atomic mass is 10.1. The summed E-state index contributed by atoms with van der Waals surface area (Å²) in [5, 5.41) is 12.7. The Morgan fingerprint density at radius 2 is 2.08 bits per heavy atom. The highest BCUT2D eigenvalue weighted by molar-refractivity contribution is 5.96. The number of carbonyl (C=O) groups is 1. The first-order valence-electron chi connectivity index (χ1n) is 8.02. The SMILES string of the molecule is COc1ccc(C(=O)NCc2ccc(N3CCCC3)nc2)c(O)c1. The summed E-state index contributed by atoms with van der Waals surface area (Å²) in [7, 11) is 1.51. The van der Waals surface area contributed by atoms with E-state index in [1.807, 2.05) is 12.1 Å². The number of hydrogen-bond donors (Lipinski definition) is 2. The average Bonchev–Trinajstić information content (AvgIpc) is 3.14. The number of rotatable bonds is 5. The Morgan fingerprint density at radius 3 is 2.71 bits per heavy atom. The van der Waals surface area contributed by atoms with Gasteiger partial charge in [0.25, 0.3) is 5.91 Å². The van der Waals surface area contributed by atoms with Crippen LogP contribution >= 0.6 is 0 Å². The van der Waals surface area contributed by atoms with Gasteiger partial charge in [-0.05, 0) is 36.6 Å². The lowest BCUT2D eigenvalue weighted by Crippen LogP contribution is -2.23. The van der Waals surface area contributed by atoms with Crippen LogP contribution in [0.4, 0.5) is 5.82 Å². The van der Waals surface area contributed by atoms with Crippen LogP contribution in [0, 0.1) is 0 Å². The second-order valence-corrected chi connectivity index (χ2v) is 5.78. The fourth-order valence-corrected chi connectivity index (χ4v) is 2.76. The number of amides is 1. The van der Waals surface area contributed by atoms with Gasteiger partial charge in [0.05, 0.1) is 12.7 Å². The van der Waals surface area contributed by atoms with Crippen molar-refractivity contribution in [2.45, 2.75) is 19.4 Å². The number of benzene rings is 1. The molecule has 0 atom stereocenters. The summed E-state index contributed by atoms with van der Waals surface area (Å²) in [6.07, 6.45) is 4.21. The van der Waals surface area contributed by atoms with Crippen LogP contribution in [0.15, 0.2) is 36.5 Å². The molecule has 1 amide bonds. The van der Waals surface area contributed by atoms with E-state index < -0.39 is 0 Å². The second-order valence-electron chi connectivity index (χ2n) is 5.78. The maximum Gasteiger partial charge on any atom is 0.255 e. The van der Waals surface area contributed by atoms with Crippen LogP contribution in [0.1, 0.15) is 28.8 Å². The number of phenols is 1. The molecule has 1 aromatic heterocycles. The number of aromatic hydroxyl groups is 1. The molecule has 1 saturated heterocycles. The van der Waals surface area contributed by atoms with Gasteiger partial charge in [-0.3, -0.25) is 4.79 Å². The molecule has 2 aromatic rings. The maximum absolute atomic E-state index is 12.2. The Bertz CT molecular complexity index is 710. The highest BCUT2D eigenvalue weighted by Crippen LogP contribution is 2.23. The molecule has 126 valence electrons. The predicted molar refractivity (Wildman–Crippen MR) is 91.5 cm³/mol. The molecule has 2 heterocycles. The molecule has 1 aliphatic heterocycles. The standard InChI is InChI=1S/C18H21N3O3/c1-24-14-5-6-15(16(22)10-14)18(23)20-12-13-4-7-17(19-11-13)21-8-2-3-9-21/h4-7,10-11,22H,2-3,8-9,12H2,1H3,(H,20,23). The third kappa shape index (κ3) is 3.59. The number of phenolic OH excluding ortho intramolecular Hbond substituents is 1. The first-order chi connectivity index (χ1) is 11.7. The van der Waals surface area contributed by atoms with Crippen molar-refractivity contribution in [1.29, 1.82) is 0 Å². The molecule has 0 unspecified atom stereocenters. The summed E-state index contributed by atoms with van der Waals surface area (Å²) in [5.74, 6) is 1.05. The van der Waals surface area contributed by atoms with Crippen molar-refractivity contribution < 1.29 is 14.6 Å². The van der Waals surface area contributed by atoms with Gasteiger partial charge in [-0.15, -0.1) is 0 Å². The molecule has 6 nitrogen and oxygen atoms in total. The normalized spacial score (nSPS) is 13.8. The van der Waals surface area contributed by atoms with E-state index >= 15 is 0 Å². The highest BCUT2D eigenvalue weighted by Gasteiger charge is 2.14. The molecule has 3 rings (SSSR count). The topological polar surface area (TPSA) is 74.7 Å². The lowest BCUT2D eigenvalue weighted by molar-refractivity contribution is 0.0948. The third-order valence-electron chi connectivity index (χ3n) is 4.14. The molecule has 0 bridgehead atoms. The van der Waals surface area contributed by atoms with Crippen molar-refractivity contribution in [3.63, 3.8) is 0 Å². The van der Waals surface area contributed by atoms with Gasteiger partial charge in [0.2, 0.25) is 0 Å². The molecule has 24 heavy (non-hydrogen) atoms. The van der Waals surface area contributed by atoms with Crippen LogP contribution in [-0.2, 0) is 6.54 Å². The summed E-state index contributed by atoms with van der Waals surface area (Å²) >= 11 is 0. The van der Waals surface area contributed by atoms with Gasteiger partial charge < -0.3 is 20.1 Å². The Labute approximate surface area is 141 Å². The minimum Gasteiger partial charge on any atom is -0.507 e. The van der Waals surface area contributed by atoms with Crippen molar-refractivity contribution in [3.8, 4) is 11.5 Å². The van der Waals surface area contributed by atoms with Crippen molar-refractivity contribution in [2.24, 2.45) is 0 Å². The molecule has 0 saturated carbocycles. The van der Waals surface area contributed by atoms with E-state index in [2.05, 4.69) is 15.2 Å². The largest absolute Gasteiger partial charge is 0.507 e. The summed E-state index contributed by atoms with van der Waals surface area (Å²) in [6, 6.07) is 8.55. The Hall–Kier alpha value is -2.76. The fourth-order valence-electron chi connectivity index (χ4n) is 2.76. The molecule has 1 fully saturated rings. The Kier molecular flexibility index (Phi) is 4.84. The van der Waals surface area contributed by atoms with E-state index in [0.29, 0.717) is 12.3 Å². The first-order valence-corrected chi connectivity index (χ1v) is 8.02. The number of carbonyl (C=O) groups excluding carboxylic acids is 1. The van der Waals surface area contributed by atoms with Crippen LogP contribution < -0.4 is 15.0 Å². The Morgan fingerprint density at radius 1 is 1.29 bits per heavy atom. The number of anilines is 1. The molecular weight excluding hydrogens is 306 g/mol. The fraction of sp³-hybridized carbons (Fsp3) is 0.333. The number of methoxy groups -OCH3 is 1. The van der Waals surface area contributed by atoms with Crippen LogP contribution in [-0.4, -0.2) is 36.2 Å². The zero-order valence-corrected chi connectivity index (χ0v) is 13.7. The lowest BCUT2D eigenvalue weighted by Gasteiger charge is -2.16. The van der Waals surface area contributed by atoms with Gasteiger partial charge in [0.15, 0.2) is 0 Å². The van der Waals surface area contributed by atoms with E-state index in [9.17, 15) is 9.90 Å². The Balaban J connectivity index is 1.59. The van der Waals surface area contributed by atoms with Crippen LogP contribution in [0.2, 0.25) is 0 Å². The van der Waals surface area contributed by atoms with E-state index in [4.69, 9.17) is 4.74 Å². The minimum absolute atomic E-state index is 0.102. The maximum atomic E-state index is 12.2. The molecule has 1 aliphatic rings. The zero-order chi connectivity index (χ0) is 16.9. The van der Waals surface area contributed by atoms with E-state index in [0.717, 1.165) is 24.5 Å². The van der Waals surface area contributed by atoms with Crippen molar-refractivity contribution >= 4 is 11.7 Å². The monoisotopic (exact) mass is 327 g/mol. The van der Waals surface area contributed by atoms with Crippen LogP contribution in [0.25, 0.3) is 0 Å². The molecule has 2 N–H and O–H groups in total. The van der Waals surface area contributed by atoms with E-state index in [1.54, 1.807) is 12.3 Å². The smallest absolute Gasteiger partial charge is 0.255 e. The minimum atomic E-state index is -0.334. The molecule has 6 heteroatoms. The molecule has 0 aliphatic carbocycles. The molecular formula is C18H21N3O3. The van der Waals surface area contributed by atoms with Gasteiger partial charge in [0.1, 0.15) is 17.3 Å². The summed E-state index contributed by atoms with van der Waals surface area (Å²) in [4.78, 5) is 18.9. The number of nitrogens with one attached hydrogen (secondary N) is 1. The summed E-state index contributed by atoms with van der Waals surface area (Å²) in [6.45, 7) is 2.47. The molecule has 0 radical (unpaired) electrons. The van der Waals surface area contributed by atoms with Gasteiger partial charge in [0, 0.05) is 31.9 Å². The zero-order valence-electron chi connectivity index (χ0n) is 13.7. The highest BCUT2D eigenvalue weighted by atomic mass is 16.5. The van der Waals surface area contributed by atoms with Gasteiger partial charge in [-0.1, -0.05) is 6.07 Å². The molecule has 0 spiro atoms. The average molecular weight is 327 g/mol. The number of nitrogens with zero attached hydrogens (tertiary/aromatic N) is 2. The van der Waals surface area contributed by atoms with Crippen molar-refractivity contribution in [2.75, 3.05) is 25.1 Å². The third-order valence-corrected chi connectivity index (χ3v) is 4.14. The number of pyridine rings is 1. The predicted octanol–water partition coefficient (Wildman–Crippen LogP) is 2.33. The number of aromatic nitrogens is 1. The second kappa shape index (κ2) is 7.21. The van der Waals surface area contributed by atoms with Crippen molar-refractivity contribution in [1.82, 2.24) is 10.3 Å². The van der Waals surface area contributed by atoms with Crippen LogP contribution in [0.3, 0.4) is 0 Å². The van der Waals surface area contributed by atoms with Gasteiger partial charge in [-0.25, -0.2) is 4.98 Å². The summed E-state index contributed by atoms with van der Waals surface area (Å²) < 4.78 is 5.01. The van der Waals surface area contributed by atoms with E-state index in [1.165, 1.54) is 32.1 Å². The summed E-state index contributed by atoms with van der Waals surface area (Å²) in [5.41, 5.74) is 1.14. The van der Waals surface area contributed by atoms with Gasteiger partial charge in [-0.2, -0.15) is 0 Å². The molecule has 1 aromatic carbocycles. The number of ether oxygens (including phenoxy) is 1. The van der Waals surface area contributed by atoms with Crippen molar-refractivity contribution in [3.05, 3.63) is 47.7 Å². The van der Waals surface area contributed by atoms with Crippen LogP contribution in [0.5, 0.6) is 11.5 Å². The number of hydrogen-bond acceptors (Lipinski definition) is 5. The van der Waals surface area contributed by atoms with E-state index in [-0.39, 0.29) is 17.2 Å². The quantitative estimate of drug-likeness (QED) is 0.881. The first kappa shape index (κ1) is 16.1.